The van der Waals surface area contributed by atoms with E-state index in [0.29, 0.717) is 10.9 Å². The van der Waals surface area contributed by atoms with Crippen LogP contribution in [-0.2, 0) is 4.79 Å². The van der Waals surface area contributed by atoms with Crippen molar-refractivity contribution in [3.05, 3.63) is 11.1 Å². The Labute approximate surface area is 120 Å². The van der Waals surface area contributed by atoms with Gasteiger partial charge in [0.15, 0.2) is 10.2 Å². The number of thioether (sulfide) groups is 1. The summed E-state index contributed by atoms with van der Waals surface area (Å²) in [5.41, 5.74) is 0.475. The van der Waals surface area contributed by atoms with Gasteiger partial charge in [-0.15, -0.1) is 11.3 Å². The molecule has 0 atom stereocenters. The standard InChI is InChI=1S/C12H17N3O2S2/c1-8(16)19-9-3-5-15(6-4-9)12-14-10(7-18-12)11(17)13-2/h7,9H,3-6H2,1-2H3,(H,13,17). The van der Waals surface area contributed by atoms with E-state index in [0.717, 1.165) is 31.1 Å². The average molecular weight is 299 g/mol. The first kappa shape index (κ1) is 14.3. The van der Waals surface area contributed by atoms with Crippen LogP contribution in [0.15, 0.2) is 5.38 Å². The van der Waals surface area contributed by atoms with Gasteiger partial charge in [0.2, 0.25) is 0 Å². The number of thiazole rings is 1. The largest absolute Gasteiger partial charge is 0.354 e. The minimum absolute atomic E-state index is 0.149. The van der Waals surface area contributed by atoms with Gasteiger partial charge in [-0.2, -0.15) is 0 Å². The highest BCUT2D eigenvalue weighted by molar-refractivity contribution is 8.14. The molecule has 2 heterocycles. The number of carbonyl (C=O) groups excluding carboxylic acids is 2. The highest BCUT2D eigenvalue weighted by Crippen LogP contribution is 2.28. The van der Waals surface area contributed by atoms with E-state index in [9.17, 15) is 9.59 Å². The molecular formula is C12H17N3O2S2. The number of nitrogens with one attached hydrogen (secondary N) is 1. The van der Waals surface area contributed by atoms with Crippen molar-refractivity contribution in [1.29, 1.82) is 0 Å². The van der Waals surface area contributed by atoms with Crippen LogP contribution in [-0.4, -0.2) is 41.4 Å². The summed E-state index contributed by atoms with van der Waals surface area (Å²) in [4.78, 5) is 29.1. The van der Waals surface area contributed by atoms with Gasteiger partial charge in [0.25, 0.3) is 5.91 Å². The maximum Gasteiger partial charge on any atom is 0.270 e. The Hall–Kier alpha value is -1.08. The molecule has 1 amide bonds. The number of piperidine rings is 1. The van der Waals surface area contributed by atoms with E-state index in [2.05, 4.69) is 15.2 Å². The number of hydrogen-bond acceptors (Lipinski definition) is 6. The minimum Gasteiger partial charge on any atom is -0.354 e. The van der Waals surface area contributed by atoms with E-state index >= 15 is 0 Å². The molecule has 0 aromatic carbocycles. The number of nitrogens with zero attached hydrogens (tertiary/aromatic N) is 2. The minimum atomic E-state index is -0.149. The van der Waals surface area contributed by atoms with Gasteiger partial charge in [-0.3, -0.25) is 9.59 Å². The first-order valence-corrected chi connectivity index (χ1v) is 7.96. The number of carbonyl (C=O) groups is 2. The SMILES string of the molecule is CNC(=O)c1csc(N2CCC(SC(C)=O)CC2)n1. The fraction of sp³-hybridized carbons (Fsp3) is 0.583. The molecule has 0 radical (unpaired) electrons. The number of anilines is 1. The Morgan fingerprint density at radius 1 is 1.47 bits per heavy atom. The van der Waals surface area contributed by atoms with Crippen LogP contribution in [0.3, 0.4) is 0 Å². The predicted octanol–water partition coefficient (Wildman–Crippen LogP) is 1.75. The molecule has 1 aromatic heterocycles. The molecule has 0 unspecified atom stereocenters. The van der Waals surface area contributed by atoms with E-state index < -0.39 is 0 Å². The van der Waals surface area contributed by atoms with Crippen LogP contribution in [0.5, 0.6) is 0 Å². The van der Waals surface area contributed by atoms with Gasteiger partial charge in [-0.05, 0) is 12.8 Å². The van der Waals surface area contributed by atoms with Gasteiger partial charge in [0, 0.05) is 37.7 Å². The fourth-order valence-corrected chi connectivity index (χ4v) is 3.82. The molecule has 1 fully saturated rings. The lowest BCUT2D eigenvalue weighted by molar-refractivity contribution is -0.109. The highest BCUT2D eigenvalue weighted by atomic mass is 32.2. The van der Waals surface area contributed by atoms with E-state index in [1.165, 1.54) is 23.1 Å². The van der Waals surface area contributed by atoms with Crippen LogP contribution in [0.4, 0.5) is 5.13 Å². The zero-order chi connectivity index (χ0) is 13.8. The molecule has 1 aliphatic rings. The monoisotopic (exact) mass is 299 g/mol. The molecule has 0 aliphatic carbocycles. The van der Waals surface area contributed by atoms with Gasteiger partial charge < -0.3 is 10.2 Å². The van der Waals surface area contributed by atoms with Gasteiger partial charge in [0.05, 0.1) is 0 Å². The molecule has 1 N–H and O–H groups in total. The maximum absolute atomic E-state index is 11.5. The van der Waals surface area contributed by atoms with Gasteiger partial charge in [-0.1, -0.05) is 11.8 Å². The number of amides is 1. The molecule has 2 rings (SSSR count). The number of rotatable bonds is 3. The second kappa shape index (κ2) is 6.38. The number of aromatic nitrogens is 1. The van der Waals surface area contributed by atoms with Crippen LogP contribution < -0.4 is 10.2 Å². The van der Waals surface area contributed by atoms with E-state index in [4.69, 9.17) is 0 Å². The first-order valence-electron chi connectivity index (χ1n) is 6.20. The molecule has 0 spiro atoms. The summed E-state index contributed by atoms with van der Waals surface area (Å²) in [6.45, 7) is 3.41. The third-order valence-corrected chi connectivity index (χ3v) is 5.03. The van der Waals surface area contributed by atoms with Crippen LogP contribution >= 0.6 is 23.1 Å². The summed E-state index contributed by atoms with van der Waals surface area (Å²) in [6.07, 6.45) is 1.97. The van der Waals surface area contributed by atoms with Gasteiger partial charge in [-0.25, -0.2) is 4.98 Å². The Morgan fingerprint density at radius 2 is 2.16 bits per heavy atom. The van der Waals surface area contributed by atoms with Crippen molar-refractivity contribution in [3.63, 3.8) is 0 Å². The molecule has 1 aliphatic heterocycles. The average Bonchev–Trinajstić information content (AvgIpc) is 2.87. The third kappa shape index (κ3) is 3.70. The normalized spacial score (nSPS) is 16.4. The zero-order valence-electron chi connectivity index (χ0n) is 11.0. The molecule has 104 valence electrons. The molecular weight excluding hydrogens is 282 g/mol. The molecule has 1 aromatic rings. The lowest BCUT2D eigenvalue weighted by Gasteiger charge is -2.30. The maximum atomic E-state index is 11.5. The van der Waals surface area contributed by atoms with Crippen LogP contribution in [0, 0.1) is 0 Å². The van der Waals surface area contributed by atoms with Crippen LogP contribution in [0.25, 0.3) is 0 Å². The topological polar surface area (TPSA) is 62.3 Å². The molecule has 19 heavy (non-hydrogen) atoms. The van der Waals surface area contributed by atoms with E-state index in [1.807, 2.05) is 0 Å². The Kier molecular flexibility index (Phi) is 4.81. The molecule has 5 nitrogen and oxygen atoms in total. The van der Waals surface area contributed by atoms with E-state index in [1.54, 1.807) is 19.4 Å². The van der Waals surface area contributed by atoms with Crippen molar-refractivity contribution in [2.45, 2.75) is 25.0 Å². The quantitative estimate of drug-likeness (QED) is 0.921. The molecule has 0 bridgehead atoms. The van der Waals surface area contributed by atoms with Crippen molar-refractivity contribution in [1.82, 2.24) is 10.3 Å². The Balaban J connectivity index is 1.92. The van der Waals surface area contributed by atoms with Gasteiger partial charge in [0.1, 0.15) is 5.69 Å². The summed E-state index contributed by atoms with van der Waals surface area (Å²) < 4.78 is 0. The van der Waals surface area contributed by atoms with Crippen molar-refractivity contribution >= 4 is 39.3 Å². The van der Waals surface area contributed by atoms with Crippen molar-refractivity contribution in [2.24, 2.45) is 0 Å². The lowest BCUT2D eigenvalue weighted by atomic mass is 10.1. The highest BCUT2D eigenvalue weighted by Gasteiger charge is 2.23. The summed E-state index contributed by atoms with van der Waals surface area (Å²) in [5, 5.41) is 5.86. The predicted molar refractivity (Wildman–Crippen MR) is 79.0 cm³/mol. The Bertz CT molecular complexity index is 467. The Morgan fingerprint density at radius 3 is 2.74 bits per heavy atom. The van der Waals surface area contributed by atoms with Crippen LogP contribution in [0.1, 0.15) is 30.3 Å². The summed E-state index contributed by atoms with van der Waals surface area (Å²) >= 11 is 2.93. The van der Waals surface area contributed by atoms with Gasteiger partial charge >= 0.3 is 0 Å². The summed E-state index contributed by atoms with van der Waals surface area (Å²) in [5.74, 6) is -0.149. The first-order chi connectivity index (χ1) is 9.10. The van der Waals surface area contributed by atoms with Crippen molar-refractivity contribution < 1.29 is 9.59 Å². The summed E-state index contributed by atoms with van der Waals surface area (Å²) in [7, 11) is 1.60. The fourth-order valence-electron chi connectivity index (χ4n) is 2.04. The van der Waals surface area contributed by atoms with Crippen LogP contribution in [0.2, 0.25) is 0 Å². The van der Waals surface area contributed by atoms with E-state index in [-0.39, 0.29) is 11.0 Å². The molecule has 7 heteroatoms. The van der Waals surface area contributed by atoms with Crippen molar-refractivity contribution in [2.75, 3.05) is 25.0 Å². The third-order valence-electron chi connectivity index (χ3n) is 3.00. The summed E-state index contributed by atoms with van der Waals surface area (Å²) in [6, 6.07) is 0. The smallest absolute Gasteiger partial charge is 0.270 e. The second-order valence-corrected chi connectivity index (χ2v) is 6.70. The zero-order valence-corrected chi connectivity index (χ0v) is 12.6. The second-order valence-electron chi connectivity index (χ2n) is 4.39. The number of hydrogen-bond donors (Lipinski definition) is 1. The molecule has 0 saturated carbocycles. The lowest BCUT2D eigenvalue weighted by Crippen LogP contribution is -2.35. The van der Waals surface area contributed by atoms with Crippen molar-refractivity contribution in [3.8, 4) is 0 Å². The molecule has 1 saturated heterocycles.